The zero-order valence-corrected chi connectivity index (χ0v) is 12.7. The summed E-state index contributed by atoms with van der Waals surface area (Å²) in [5, 5.41) is 10.4. The highest BCUT2D eigenvalue weighted by Gasteiger charge is 2.41. The van der Waals surface area contributed by atoms with Crippen LogP contribution in [0.3, 0.4) is 0 Å². The Balaban J connectivity index is 2.08. The SMILES string of the molecule is CCN(CC1CCC(C)(C)C1O)c1cccc(C)c1. The first kappa shape index (κ1) is 14.4. The maximum absolute atomic E-state index is 10.4. The fourth-order valence-electron chi connectivity index (χ4n) is 3.22. The van der Waals surface area contributed by atoms with Gasteiger partial charge in [-0.25, -0.2) is 0 Å². The van der Waals surface area contributed by atoms with Crippen molar-refractivity contribution in [3.8, 4) is 0 Å². The first-order valence-corrected chi connectivity index (χ1v) is 7.43. The van der Waals surface area contributed by atoms with Crippen LogP contribution >= 0.6 is 0 Å². The van der Waals surface area contributed by atoms with Crippen LogP contribution in [0, 0.1) is 18.3 Å². The predicted octanol–water partition coefficient (Wildman–Crippen LogP) is 3.62. The zero-order chi connectivity index (χ0) is 14.0. The number of aliphatic hydroxyl groups excluding tert-OH is 1. The number of nitrogens with zero attached hydrogens (tertiary/aromatic N) is 1. The van der Waals surface area contributed by atoms with E-state index in [1.807, 2.05) is 0 Å². The van der Waals surface area contributed by atoms with Gasteiger partial charge in [0, 0.05) is 24.7 Å². The summed E-state index contributed by atoms with van der Waals surface area (Å²) in [6, 6.07) is 8.64. The van der Waals surface area contributed by atoms with Crippen LogP contribution in [0.4, 0.5) is 5.69 Å². The number of aryl methyl sites for hydroxylation is 1. The standard InChI is InChI=1S/C17H27NO/c1-5-18(15-8-6-7-13(2)11-15)12-14-9-10-17(3,4)16(14)19/h6-8,11,14,16,19H,5,9-10,12H2,1-4H3. The van der Waals surface area contributed by atoms with Crippen molar-refractivity contribution in [1.29, 1.82) is 0 Å². The number of anilines is 1. The summed E-state index contributed by atoms with van der Waals surface area (Å²) < 4.78 is 0. The maximum Gasteiger partial charge on any atom is 0.0636 e. The first-order valence-electron chi connectivity index (χ1n) is 7.43. The van der Waals surface area contributed by atoms with Gasteiger partial charge in [-0.2, -0.15) is 0 Å². The Bertz CT molecular complexity index is 427. The Morgan fingerprint density at radius 2 is 2.11 bits per heavy atom. The summed E-state index contributed by atoms with van der Waals surface area (Å²) >= 11 is 0. The molecule has 1 fully saturated rings. The van der Waals surface area contributed by atoms with Crippen molar-refractivity contribution in [3.63, 3.8) is 0 Å². The average molecular weight is 261 g/mol. The Morgan fingerprint density at radius 1 is 1.37 bits per heavy atom. The fraction of sp³-hybridized carbons (Fsp3) is 0.647. The Morgan fingerprint density at radius 3 is 2.63 bits per heavy atom. The van der Waals surface area contributed by atoms with Gasteiger partial charge in [0.2, 0.25) is 0 Å². The molecule has 0 radical (unpaired) electrons. The van der Waals surface area contributed by atoms with Crippen molar-refractivity contribution in [2.45, 2.75) is 46.6 Å². The number of hydrogen-bond acceptors (Lipinski definition) is 2. The van der Waals surface area contributed by atoms with Gasteiger partial charge in [0.05, 0.1) is 6.10 Å². The molecule has 2 atom stereocenters. The third-order valence-electron chi connectivity index (χ3n) is 4.61. The van der Waals surface area contributed by atoms with Crippen molar-refractivity contribution >= 4 is 5.69 Å². The quantitative estimate of drug-likeness (QED) is 0.895. The van der Waals surface area contributed by atoms with E-state index in [1.54, 1.807) is 0 Å². The molecule has 1 aliphatic rings. The summed E-state index contributed by atoms with van der Waals surface area (Å²) in [5.41, 5.74) is 2.65. The van der Waals surface area contributed by atoms with E-state index >= 15 is 0 Å². The van der Waals surface area contributed by atoms with Gasteiger partial charge in [-0.3, -0.25) is 0 Å². The smallest absolute Gasteiger partial charge is 0.0636 e. The van der Waals surface area contributed by atoms with Crippen LogP contribution in [0.15, 0.2) is 24.3 Å². The van der Waals surface area contributed by atoms with E-state index in [9.17, 15) is 5.11 Å². The van der Waals surface area contributed by atoms with Gasteiger partial charge in [-0.05, 0) is 49.8 Å². The number of aliphatic hydroxyl groups is 1. The minimum atomic E-state index is -0.175. The van der Waals surface area contributed by atoms with Crippen molar-refractivity contribution < 1.29 is 5.11 Å². The van der Waals surface area contributed by atoms with Gasteiger partial charge < -0.3 is 10.0 Å². The second-order valence-corrected chi connectivity index (χ2v) is 6.61. The van der Waals surface area contributed by atoms with E-state index in [1.165, 1.54) is 11.3 Å². The molecule has 0 bridgehead atoms. The Kier molecular flexibility index (Phi) is 4.19. The third-order valence-corrected chi connectivity index (χ3v) is 4.61. The Hall–Kier alpha value is -1.02. The van der Waals surface area contributed by atoms with E-state index < -0.39 is 0 Å². The molecule has 0 aromatic heterocycles. The largest absolute Gasteiger partial charge is 0.392 e. The van der Waals surface area contributed by atoms with Gasteiger partial charge in [0.15, 0.2) is 0 Å². The first-order chi connectivity index (χ1) is 8.94. The lowest BCUT2D eigenvalue weighted by atomic mass is 9.87. The molecule has 0 saturated heterocycles. The number of hydrogen-bond donors (Lipinski definition) is 1. The van der Waals surface area contributed by atoms with E-state index in [4.69, 9.17) is 0 Å². The summed E-state index contributed by atoms with van der Waals surface area (Å²) in [6.07, 6.45) is 2.09. The number of rotatable bonds is 4. The molecule has 19 heavy (non-hydrogen) atoms. The fourth-order valence-corrected chi connectivity index (χ4v) is 3.22. The van der Waals surface area contributed by atoms with E-state index in [0.717, 1.165) is 25.9 Å². The molecule has 0 heterocycles. The van der Waals surface area contributed by atoms with Crippen LogP contribution in [0.25, 0.3) is 0 Å². The van der Waals surface area contributed by atoms with Crippen LogP contribution in [0.5, 0.6) is 0 Å². The molecule has 1 N–H and O–H groups in total. The molecule has 1 saturated carbocycles. The van der Waals surface area contributed by atoms with Gasteiger partial charge >= 0.3 is 0 Å². The average Bonchev–Trinajstić information content (AvgIpc) is 2.62. The minimum Gasteiger partial charge on any atom is -0.392 e. The molecule has 2 heteroatoms. The van der Waals surface area contributed by atoms with Crippen LogP contribution in [-0.4, -0.2) is 24.3 Å². The van der Waals surface area contributed by atoms with Crippen molar-refractivity contribution in [3.05, 3.63) is 29.8 Å². The van der Waals surface area contributed by atoms with E-state index in [-0.39, 0.29) is 11.5 Å². The predicted molar refractivity (Wildman–Crippen MR) is 81.6 cm³/mol. The molecule has 0 aliphatic heterocycles. The van der Waals surface area contributed by atoms with Crippen molar-refractivity contribution in [2.24, 2.45) is 11.3 Å². The normalized spacial score (nSPS) is 25.5. The lowest BCUT2D eigenvalue weighted by molar-refractivity contribution is 0.0482. The topological polar surface area (TPSA) is 23.5 Å². The zero-order valence-electron chi connectivity index (χ0n) is 12.7. The molecule has 2 unspecified atom stereocenters. The molecule has 2 rings (SSSR count). The van der Waals surface area contributed by atoms with Crippen LogP contribution in [0.1, 0.15) is 39.2 Å². The lowest BCUT2D eigenvalue weighted by Gasteiger charge is -2.31. The molecule has 1 aromatic rings. The molecule has 1 aromatic carbocycles. The second kappa shape index (κ2) is 5.54. The summed E-state index contributed by atoms with van der Waals surface area (Å²) in [4.78, 5) is 2.39. The van der Waals surface area contributed by atoms with Crippen LogP contribution < -0.4 is 4.90 Å². The molecular formula is C17H27NO. The van der Waals surface area contributed by atoms with Crippen molar-refractivity contribution in [2.75, 3.05) is 18.0 Å². The van der Waals surface area contributed by atoms with Gasteiger partial charge in [0.1, 0.15) is 0 Å². The maximum atomic E-state index is 10.4. The molecule has 1 aliphatic carbocycles. The van der Waals surface area contributed by atoms with Gasteiger partial charge in [-0.15, -0.1) is 0 Å². The number of benzene rings is 1. The van der Waals surface area contributed by atoms with E-state index in [2.05, 4.69) is 56.9 Å². The highest BCUT2D eigenvalue weighted by atomic mass is 16.3. The molecule has 2 nitrogen and oxygen atoms in total. The van der Waals surface area contributed by atoms with Crippen molar-refractivity contribution in [1.82, 2.24) is 0 Å². The molecule has 0 amide bonds. The summed E-state index contributed by atoms with van der Waals surface area (Å²) in [7, 11) is 0. The van der Waals surface area contributed by atoms with Crippen LogP contribution in [-0.2, 0) is 0 Å². The summed E-state index contributed by atoms with van der Waals surface area (Å²) in [6.45, 7) is 10.6. The van der Waals surface area contributed by atoms with E-state index in [0.29, 0.717) is 5.92 Å². The van der Waals surface area contributed by atoms with Gasteiger partial charge in [0.25, 0.3) is 0 Å². The van der Waals surface area contributed by atoms with Gasteiger partial charge in [-0.1, -0.05) is 26.0 Å². The third kappa shape index (κ3) is 3.11. The monoisotopic (exact) mass is 261 g/mol. The Labute approximate surface area is 117 Å². The lowest BCUT2D eigenvalue weighted by Crippen LogP contribution is -2.36. The minimum absolute atomic E-state index is 0.0800. The highest BCUT2D eigenvalue weighted by molar-refractivity contribution is 5.48. The second-order valence-electron chi connectivity index (χ2n) is 6.61. The van der Waals surface area contributed by atoms with Crippen LogP contribution in [0.2, 0.25) is 0 Å². The molecular weight excluding hydrogens is 234 g/mol. The highest BCUT2D eigenvalue weighted by Crippen LogP contribution is 2.41. The summed E-state index contributed by atoms with van der Waals surface area (Å²) in [5.74, 6) is 0.399. The molecule has 106 valence electrons. The molecule has 0 spiro atoms.